The van der Waals surface area contributed by atoms with Gasteiger partial charge in [0.1, 0.15) is 5.82 Å². The Labute approximate surface area is 140 Å². The lowest BCUT2D eigenvalue weighted by Crippen LogP contribution is -2.34. The lowest BCUT2D eigenvalue weighted by Gasteiger charge is -2.26. The molecule has 1 aliphatic rings. The van der Waals surface area contributed by atoms with E-state index in [1.54, 1.807) is 24.0 Å². The van der Waals surface area contributed by atoms with Crippen molar-refractivity contribution in [3.05, 3.63) is 64.4 Å². The van der Waals surface area contributed by atoms with Crippen molar-refractivity contribution in [1.29, 1.82) is 0 Å². The van der Waals surface area contributed by atoms with E-state index in [9.17, 15) is 9.18 Å². The van der Waals surface area contributed by atoms with Crippen LogP contribution >= 0.6 is 11.6 Å². The number of benzene rings is 2. The van der Waals surface area contributed by atoms with Crippen molar-refractivity contribution in [1.82, 2.24) is 4.90 Å². The topological polar surface area (TPSA) is 32.3 Å². The van der Waals surface area contributed by atoms with Gasteiger partial charge in [0.15, 0.2) is 0 Å². The molecule has 0 saturated carbocycles. The number of hydrogen-bond donors (Lipinski definition) is 1. The number of urea groups is 1. The molecular formula is C18H18ClFN2O. The van der Waals surface area contributed by atoms with Gasteiger partial charge in [0.05, 0.1) is 6.04 Å². The first-order valence-electron chi connectivity index (χ1n) is 7.64. The van der Waals surface area contributed by atoms with E-state index in [0.717, 1.165) is 18.4 Å². The summed E-state index contributed by atoms with van der Waals surface area (Å²) >= 11 is 6.26. The Morgan fingerprint density at radius 3 is 2.83 bits per heavy atom. The van der Waals surface area contributed by atoms with Crippen LogP contribution in [0, 0.1) is 12.7 Å². The number of carbonyl (C=O) groups is 1. The molecule has 0 spiro atoms. The van der Waals surface area contributed by atoms with Crippen LogP contribution in [0.4, 0.5) is 14.9 Å². The highest BCUT2D eigenvalue weighted by atomic mass is 35.5. The molecule has 1 heterocycles. The predicted molar refractivity (Wildman–Crippen MR) is 90.3 cm³/mol. The normalized spacial score (nSPS) is 17.3. The Hall–Kier alpha value is -2.07. The fourth-order valence-electron chi connectivity index (χ4n) is 2.94. The highest BCUT2D eigenvalue weighted by Gasteiger charge is 2.31. The summed E-state index contributed by atoms with van der Waals surface area (Å²) in [6.07, 6.45) is 1.80. The van der Waals surface area contributed by atoms with Crippen LogP contribution in [-0.2, 0) is 0 Å². The van der Waals surface area contributed by atoms with Crippen LogP contribution in [-0.4, -0.2) is 17.5 Å². The quantitative estimate of drug-likeness (QED) is 0.809. The van der Waals surface area contributed by atoms with Gasteiger partial charge >= 0.3 is 6.03 Å². The third-order valence-corrected chi connectivity index (χ3v) is 4.55. The van der Waals surface area contributed by atoms with Gasteiger partial charge < -0.3 is 10.2 Å². The van der Waals surface area contributed by atoms with Crippen molar-refractivity contribution in [2.24, 2.45) is 0 Å². The van der Waals surface area contributed by atoms with Crippen molar-refractivity contribution in [3.8, 4) is 0 Å². The minimum Gasteiger partial charge on any atom is -0.317 e. The zero-order chi connectivity index (χ0) is 16.4. The summed E-state index contributed by atoms with van der Waals surface area (Å²) in [7, 11) is 0. The molecule has 1 atom stereocenters. The number of nitrogens with one attached hydrogen (secondary N) is 1. The number of anilines is 1. The van der Waals surface area contributed by atoms with Gasteiger partial charge in [0, 0.05) is 17.3 Å². The largest absolute Gasteiger partial charge is 0.322 e. The summed E-state index contributed by atoms with van der Waals surface area (Å²) in [5.41, 5.74) is 1.97. The molecule has 1 saturated heterocycles. The van der Waals surface area contributed by atoms with E-state index < -0.39 is 0 Å². The average Bonchev–Trinajstić information content (AvgIpc) is 3.01. The first-order chi connectivity index (χ1) is 11.1. The van der Waals surface area contributed by atoms with Crippen LogP contribution in [0.25, 0.3) is 0 Å². The molecular weight excluding hydrogens is 315 g/mol. The number of nitrogens with zero attached hydrogens (tertiary/aromatic N) is 1. The van der Waals surface area contributed by atoms with Crippen LogP contribution in [0.3, 0.4) is 0 Å². The predicted octanol–water partition coefficient (Wildman–Crippen LogP) is 5.16. The van der Waals surface area contributed by atoms with Crippen LogP contribution < -0.4 is 5.32 Å². The smallest absolute Gasteiger partial charge is 0.317 e. The van der Waals surface area contributed by atoms with Gasteiger partial charge in [-0.15, -0.1) is 0 Å². The second kappa shape index (κ2) is 6.59. The van der Waals surface area contributed by atoms with E-state index >= 15 is 0 Å². The molecule has 0 radical (unpaired) electrons. The van der Waals surface area contributed by atoms with Gasteiger partial charge in [-0.25, -0.2) is 9.18 Å². The highest BCUT2D eigenvalue weighted by molar-refractivity contribution is 6.31. The molecule has 2 amide bonds. The fraction of sp³-hybridized carbons (Fsp3) is 0.278. The number of hydrogen-bond acceptors (Lipinski definition) is 1. The number of likely N-dealkylation sites (tertiary alicyclic amines) is 1. The van der Waals surface area contributed by atoms with E-state index in [1.807, 2.05) is 24.3 Å². The van der Waals surface area contributed by atoms with Crippen molar-refractivity contribution in [2.45, 2.75) is 25.8 Å². The minimum atomic E-state index is -0.327. The number of carbonyl (C=O) groups excluding carboxylic acids is 1. The molecule has 5 heteroatoms. The second-order valence-electron chi connectivity index (χ2n) is 5.77. The third kappa shape index (κ3) is 3.32. The summed E-state index contributed by atoms with van der Waals surface area (Å²) in [5, 5.41) is 3.44. The standard InChI is InChI=1S/C18H18ClFN2O/c1-12-8-9-13(11-16(12)20)21-18(23)22-10-4-7-17(22)14-5-2-3-6-15(14)19/h2-3,5-6,8-9,11,17H,4,7,10H2,1H3,(H,21,23). The van der Waals surface area contributed by atoms with Crippen molar-refractivity contribution in [2.75, 3.05) is 11.9 Å². The van der Waals surface area contributed by atoms with Crippen molar-refractivity contribution < 1.29 is 9.18 Å². The maximum atomic E-state index is 13.6. The summed E-state index contributed by atoms with van der Waals surface area (Å²) in [6.45, 7) is 2.35. The van der Waals surface area contributed by atoms with E-state index in [0.29, 0.717) is 22.8 Å². The third-order valence-electron chi connectivity index (χ3n) is 4.20. The Kier molecular flexibility index (Phi) is 4.53. The monoisotopic (exact) mass is 332 g/mol. The molecule has 120 valence electrons. The molecule has 2 aromatic rings. The Morgan fingerprint density at radius 1 is 1.30 bits per heavy atom. The van der Waals surface area contributed by atoms with E-state index in [4.69, 9.17) is 11.6 Å². The number of halogens is 2. The average molecular weight is 333 g/mol. The summed E-state index contributed by atoms with van der Waals surface area (Å²) < 4.78 is 13.6. The van der Waals surface area contributed by atoms with Crippen LogP contribution in [0.2, 0.25) is 5.02 Å². The van der Waals surface area contributed by atoms with E-state index in [-0.39, 0.29) is 17.9 Å². The molecule has 3 nitrogen and oxygen atoms in total. The van der Waals surface area contributed by atoms with E-state index in [1.165, 1.54) is 6.07 Å². The van der Waals surface area contributed by atoms with Crippen LogP contribution in [0.15, 0.2) is 42.5 Å². The first-order valence-corrected chi connectivity index (χ1v) is 8.02. The SMILES string of the molecule is Cc1ccc(NC(=O)N2CCCC2c2ccccc2Cl)cc1F. The highest BCUT2D eigenvalue weighted by Crippen LogP contribution is 2.36. The molecule has 1 fully saturated rings. The lowest BCUT2D eigenvalue weighted by atomic mass is 10.0. The molecule has 0 bridgehead atoms. The maximum Gasteiger partial charge on any atom is 0.322 e. The van der Waals surface area contributed by atoms with Gasteiger partial charge in [-0.1, -0.05) is 35.9 Å². The Morgan fingerprint density at radius 2 is 2.09 bits per heavy atom. The Bertz CT molecular complexity index is 735. The molecule has 1 aliphatic heterocycles. The lowest BCUT2D eigenvalue weighted by molar-refractivity contribution is 0.207. The van der Waals surface area contributed by atoms with Crippen molar-refractivity contribution in [3.63, 3.8) is 0 Å². The maximum absolute atomic E-state index is 13.6. The summed E-state index contributed by atoms with van der Waals surface area (Å²) in [5.74, 6) is -0.327. The molecule has 1 unspecified atom stereocenters. The minimum absolute atomic E-state index is 0.0426. The molecule has 1 N–H and O–H groups in total. The second-order valence-corrected chi connectivity index (χ2v) is 6.17. The van der Waals surface area contributed by atoms with Gasteiger partial charge in [-0.3, -0.25) is 0 Å². The van der Waals surface area contributed by atoms with Gasteiger partial charge in [0.25, 0.3) is 0 Å². The van der Waals surface area contributed by atoms with Gasteiger partial charge in [0.2, 0.25) is 0 Å². The molecule has 23 heavy (non-hydrogen) atoms. The molecule has 0 aliphatic carbocycles. The first kappa shape index (κ1) is 15.8. The van der Waals surface area contributed by atoms with Crippen molar-refractivity contribution >= 4 is 23.3 Å². The zero-order valence-corrected chi connectivity index (χ0v) is 13.6. The molecule has 3 rings (SSSR count). The molecule has 2 aromatic carbocycles. The van der Waals surface area contributed by atoms with Crippen LogP contribution in [0.5, 0.6) is 0 Å². The van der Waals surface area contributed by atoms with Gasteiger partial charge in [-0.2, -0.15) is 0 Å². The van der Waals surface area contributed by atoms with E-state index in [2.05, 4.69) is 5.32 Å². The number of rotatable bonds is 2. The van der Waals surface area contributed by atoms with Crippen LogP contribution in [0.1, 0.15) is 30.0 Å². The zero-order valence-electron chi connectivity index (χ0n) is 12.9. The summed E-state index contributed by atoms with van der Waals surface area (Å²) in [6, 6.07) is 12.0. The number of aryl methyl sites for hydroxylation is 1. The molecule has 0 aromatic heterocycles. The van der Waals surface area contributed by atoms with Gasteiger partial charge in [-0.05, 0) is 49.1 Å². The Balaban J connectivity index is 1.78. The summed E-state index contributed by atoms with van der Waals surface area (Å²) in [4.78, 5) is 14.3. The fourth-order valence-corrected chi connectivity index (χ4v) is 3.21. The number of amides is 2.